The van der Waals surface area contributed by atoms with Gasteiger partial charge in [0.2, 0.25) is 0 Å². The number of hydrogen-bond donors (Lipinski definition) is 2. The summed E-state index contributed by atoms with van der Waals surface area (Å²) in [4.78, 5) is 18.1. The average Bonchev–Trinajstić information content (AvgIpc) is 3.62. The molecule has 0 aliphatic carbocycles. The number of halogens is 1. The van der Waals surface area contributed by atoms with Crippen molar-refractivity contribution in [2.24, 2.45) is 0 Å². The SMILES string of the molecule is O=C(Nc1nn[nH]n1)c1cc2ccccc2n1CCN1CCN(C(c2ccccc2)c2ccc(Cl)cc2)CC1. The van der Waals surface area contributed by atoms with Crippen LogP contribution < -0.4 is 5.32 Å². The fraction of sp³-hybridized carbons (Fsp3) is 0.241. The average molecular weight is 541 g/mol. The van der Waals surface area contributed by atoms with E-state index in [2.05, 4.69) is 88.8 Å². The fourth-order valence-electron chi connectivity index (χ4n) is 5.40. The molecule has 10 heteroatoms. The smallest absolute Gasteiger partial charge is 0.274 e. The third-order valence-corrected chi connectivity index (χ3v) is 7.58. The lowest BCUT2D eigenvalue weighted by Crippen LogP contribution is -2.48. The maximum atomic E-state index is 13.1. The van der Waals surface area contributed by atoms with Gasteiger partial charge in [-0.25, -0.2) is 0 Å². The van der Waals surface area contributed by atoms with E-state index in [9.17, 15) is 4.79 Å². The van der Waals surface area contributed by atoms with Crippen LogP contribution in [-0.4, -0.2) is 73.6 Å². The van der Waals surface area contributed by atoms with Crippen LogP contribution in [-0.2, 0) is 6.54 Å². The maximum Gasteiger partial charge on any atom is 0.274 e. The van der Waals surface area contributed by atoms with Gasteiger partial charge in [0.1, 0.15) is 5.69 Å². The first-order chi connectivity index (χ1) is 19.2. The molecule has 6 rings (SSSR count). The van der Waals surface area contributed by atoms with Gasteiger partial charge in [-0.1, -0.05) is 77.4 Å². The number of amides is 1. The highest BCUT2D eigenvalue weighted by molar-refractivity contribution is 6.30. The van der Waals surface area contributed by atoms with Crippen molar-refractivity contribution in [2.45, 2.75) is 12.6 Å². The number of hydrogen-bond acceptors (Lipinski definition) is 6. The summed E-state index contributed by atoms with van der Waals surface area (Å²) in [6.45, 7) is 5.31. The lowest BCUT2D eigenvalue weighted by molar-refractivity contribution is 0.100. The van der Waals surface area contributed by atoms with Crippen LogP contribution in [0.4, 0.5) is 5.95 Å². The lowest BCUT2D eigenvalue weighted by atomic mass is 9.96. The van der Waals surface area contributed by atoms with Crippen molar-refractivity contribution in [3.63, 3.8) is 0 Å². The molecule has 0 saturated carbocycles. The predicted molar refractivity (Wildman–Crippen MR) is 152 cm³/mol. The Morgan fingerprint density at radius 2 is 1.62 bits per heavy atom. The first-order valence-electron chi connectivity index (χ1n) is 13.1. The van der Waals surface area contributed by atoms with E-state index in [0.717, 1.165) is 48.6 Å². The molecule has 2 N–H and O–H groups in total. The van der Waals surface area contributed by atoms with Crippen molar-refractivity contribution < 1.29 is 4.79 Å². The lowest BCUT2D eigenvalue weighted by Gasteiger charge is -2.40. The van der Waals surface area contributed by atoms with E-state index in [4.69, 9.17) is 11.6 Å². The number of anilines is 1. The van der Waals surface area contributed by atoms with Crippen LogP contribution in [0.1, 0.15) is 27.7 Å². The summed E-state index contributed by atoms with van der Waals surface area (Å²) in [6.07, 6.45) is 0. The molecule has 1 aliphatic heterocycles. The van der Waals surface area contributed by atoms with E-state index in [1.54, 1.807) is 0 Å². The molecule has 3 heterocycles. The van der Waals surface area contributed by atoms with E-state index in [-0.39, 0.29) is 17.9 Å². The summed E-state index contributed by atoms with van der Waals surface area (Å²) in [5.41, 5.74) is 4.13. The minimum atomic E-state index is -0.258. The Bertz CT molecular complexity index is 1530. The number of benzene rings is 3. The first kappa shape index (κ1) is 25.2. The van der Waals surface area contributed by atoms with Gasteiger partial charge in [0.25, 0.3) is 11.9 Å². The summed E-state index contributed by atoms with van der Waals surface area (Å²) >= 11 is 6.19. The first-order valence-corrected chi connectivity index (χ1v) is 13.4. The normalized spacial score (nSPS) is 15.4. The number of rotatable bonds is 8. The summed E-state index contributed by atoms with van der Waals surface area (Å²) < 4.78 is 2.08. The van der Waals surface area contributed by atoms with Crippen molar-refractivity contribution in [3.8, 4) is 0 Å². The molecule has 0 bridgehead atoms. The molecular formula is C29H29ClN8O. The van der Waals surface area contributed by atoms with E-state index in [1.807, 2.05) is 36.4 Å². The van der Waals surface area contributed by atoms with Crippen molar-refractivity contribution in [1.82, 2.24) is 35.0 Å². The molecule has 3 aromatic carbocycles. The number of aromatic amines is 1. The van der Waals surface area contributed by atoms with Crippen LogP contribution in [0.3, 0.4) is 0 Å². The second kappa shape index (κ2) is 11.4. The van der Waals surface area contributed by atoms with Crippen molar-refractivity contribution in [2.75, 3.05) is 38.0 Å². The van der Waals surface area contributed by atoms with Crippen LogP contribution in [0.2, 0.25) is 5.02 Å². The molecule has 39 heavy (non-hydrogen) atoms. The van der Waals surface area contributed by atoms with Gasteiger partial charge >= 0.3 is 0 Å². The van der Waals surface area contributed by atoms with E-state index < -0.39 is 0 Å². The maximum absolute atomic E-state index is 13.1. The number of nitrogens with one attached hydrogen (secondary N) is 2. The van der Waals surface area contributed by atoms with Gasteiger partial charge in [-0.2, -0.15) is 5.21 Å². The van der Waals surface area contributed by atoms with Crippen LogP contribution in [0, 0.1) is 0 Å². The number of nitrogens with zero attached hydrogens (tertiary/aromatic N) is 6. The second-order valence-corrected chi connectivity index (χ2v) is 10.1. The predicted octanol–water partition coefficient (Wildman–Crippen LogP) is 4.47. The Labute approximate surface area is 231 Å². The Kier molecular flexibility index (Phi) is 7.36. The molecule has 198 valence electrons. The number of tetrazole rings is 1. The van der Waals surface area contributed by atoms with Gasteiger partial charge < -0.3 is 4.57 Å². The van der Waals surface area contributed by atoms with Crippen molar-refractivity contribution >= 4 is 34.4 Å². The number of carbonyl (C=O) groups is 1. The van der Waals surface area contributed by atoms with E-state index in [1.165, 1.54) is 11.1 Å². The number of aromatic nitrogens is 5. The number of para-hydroxylation sites is 1. The molecule has 1 atom stereocenters. The van der Waals surface area contributed by atoms with Crippen LogP contribution in [0.15, 0.2) is 84.9 Å². The Balaban J connectivity index is 1.15. The molecule has 1 saturated heterocycles. The zero-order chi connectivity index (χ0) is 26.6. The van der Waals surface area contributed by atoms with E-state index >= 15 is 0 Å². The Morgan fingerprint density at radius 3 is 2.36 bits per heavy atom. The minimum Gasteiger partial charge on any atom is -0.335 e. The zero-order valence-electron chi connectivity index (χ0n) is 21.4. The molecule has 1 unspecified atom stereocenters. The largest absolute Gasteiger partial charge is 0.335 e. The summed E-state index contributed by atoms with van der Waals surface area (Å²) in [6, 6.07) is 29.0. The second-order valence-electron chi connectivity index (χ2n) is 9.67. The molecule has 1 amide bonds. The standard InChI is InChI=1S/C29H29ClN8O/c30-24-12-10-22(11-13-24)27(21-6-2-1-3-7-21)37-17-14-36(15-18-37)16-19-38-25-9-5-4-8-23(25)20-26(38)28(39)31-29-32-34-35-33-29/h1-13,20,27H,14-19H2,(H2,31,32,33,34,35,39). The Morgan fingerprint density at radius 1 is 0.897 bits per heavy atom. The highest BCUT2D eigenvalue weighted by Crippen LogP contribution is 2.30. The molecule has 0 spiro atoms. The summed E-state index contributed by atoms with van der Waals surface area (Å²) in [5, 5.41) is 18.1. The molecule has 1 aliphatic rings. The van der Waals surface area contributed by atoms with Gasteiger partial charge in [-0.3, -0.25) is 19.9 Å². The molecule has 5 aromatic rings. The van der Waals surface area contributed by atoms with Crippen LogP contribution >= 0.6 is 11.6 Å². The number of fused-ring (bicyclic) bond motifs is 1. The summed E-state index contributed by atoms with van der Waals surface area (Å²) in [7, 11) is 0. The molecule has 1 fully saturated rings. The van der Waals surface area contributed by atoms with Crippen LogP contribution in [0.25, 0.3) is 10.9 Å². The number of piperazine rings is 1. The third-order valence-electron chi connectivity index (χ3n) is 7.33. The van der Waals surface area contributed by atoms with Crippen LogP contribution in [0.5, 0.6) is 0 Å². The van der Waals surface area contributed by atoms with Crippen molar-refractivity contribution in [1.29, 1.82) is 0 Å². The molecule has 0 radical (unpaired) electrons. The van der Waals surface area contributed by atoms with Gasteiger partial charge in [0, 0.05) is 55.2 Å². The fourth-order valence-corrected chi connectivity index (χ4v) is 5.53. The molecular weight excluding hydrogens is 512 g/mol. The van der Waals surface area contributed by atoms with Crippen molar-refractivity contribution in [3.05, 3.63) is 107 Å². The highest BCUT2D eigenvalue weighted by atomic mass is 35.5. The van der Waals surface area contributed by atoms with Gasteiger partial charge in [0.05, 0.1) is 6.04 Å². The minimum absolute atomic E-state index is 0.154. The molecule has 2 aromatic heterocycles. The monoisotopic (exact) mass is 540 g/mol. The highest BCUT2D eigenvalue weighted by Gasteiger charge is 2.27. The third kappa shape index (κ3) is 5.56. The Hall–Kier alpha value is -4.05. The number of carbonyl (C=O) groups excluding carboxylic acids is 1. The van der Waals surface area contributed by atoms with Gasteiger partial charge in [-0.15, -0.1) is 5.10 Å². The molecule has 9 nitrogen and oxygen atoms in total. The van der Waals surface area contributed by atoms with Gasteiger partial charge in [-0.05, 0) is 40.6 Å². The van der Waals surface area contributed by atoms with Gasteiger partial charge in [0.15, 0.2) is 0 Å². The quantitative estimate of drug-likeness (QED) is 0.301. The van der Waals surface area contributed by atoms with E-state index in [0.29, 0.717) is 12.2 Å². The zero-order valence-corrected chi connectivity index (χ0v) is 22.1. The topological polar surface area (TPSA) is 95.0 Å². The summed E-state index contributed by atoms with van der Waals surface area (Å²) in [5.74, 6) is -0.104. The number of H-pyrrole nitrogens is 1.